The molecular weight excluding hydrogens is 452 g/mol. The molecule has 1 atom stereocenters. The number of amides is 1. The van der Waals surface area contributed by atoms with E-state index in [0.29, 0.717) is 27.5 Å². The highest BCUT2D eigenvalue weighted by molar-refractivity contribution is 6.30. The van der Waals surface area contributed by atoms with Gasteiger partial charge in [-0.15, -0.1) is 0 Å². The molecule has 0 fully saturated rings. The maximum absolute atomic E-state index is 13.4. The molecule has 1 amide bonds. The normalized spacial score (nSPS) is 11.9. The monoisotopic (exact) mass is 476 g/mol. The highest BCUT2D eigenvalue weighted by atomic mass is 35.5. The van der Waals surface area contributed by atoms with Crippen LogP contribution in [0.5, 0.6) is 5.75 Å². The Kier molecular flexibility index (Phi) is 7.01. The summed E-state index contributed by atoms with van der Waals surface area (Å²) in [6, 6.07) is 21.3. The SMILES string of the molecule is COc1ccc2c(c1)c(CC(=O)NC[C@H](O)c1ccccc1)c(C)n2C(=O)c1ccc(Cl)cc1. The Bertz CT molecular complexity index is 1330. The number of methoxy groups -OCH3 is 1. The van der Waals surface area contributed by atoms with Gasteiger partial charge in [-0.1, -0.05) is 41.9 Å². The van der Waals surface area contributed by atoms with E-state index in [1.165, 1.54) is 0 Å². The molecule has 4 rings (SSSR count). The summed E-state index contributed by atoms with van der Waals surface area (Å²) in [7, 11) is 1.57. The number of hydrogen-bond donors (Lipinski definition) is 2. The third kappa shape index (κ3) is 4.83. The zero-order valence-corrected chi connectivity index (χ0v) is 19.7. The number of ether oxygens (including phenoxy) is 1. The summed E-state index contributed by atoms with van der Waals surface area (Å²) in [4.78, 5) is 26.2. The lowest BCUT2D eigenvalue weighted by Crippen LogP contribution is -2.29. The number of aromatic nitrogens is 1. The minimum absolute atomic E-state index is 0.0535. The van der Waals surface area contributed by atoms with E-state index >= 15 is 0 Å². The van der Waals surface area contributed by atoms with Gasteiger partial charge in [-0.05, 0) is 60.5 Å². The van der Waals surface area contributed by atoms with Gasteiger partial charge in [-0.25, -0.2) is 0 Å². The quantitative estimate of drug-likeness (QED) is 0.405. The van der Waals surface area contributed by atoms with Crippen LogP contribution < -0.4 is 10.1 Å². The molecule has 0 unspecified atom stereocenters. The number of nitrogens with zero attached hydrogens (tertiary/aromatic N) is 1. The van der Waals surface area contributed by atoms with Crippen LogP contribution >= 0.6 is 11.6 Å². The molecule has 0 spiro atoms. The van der Waals surface area contributed by atoms with Gasteiger partial charge >= 0.3 is 0 Å². The smallest absolute Gasteiger partial charge is 0.262 e. The molecular formula is C27H25ClN2O4. The van der Waals surface area contributed by atoms with Crippen LogP contribution in [0.2, 0.25) is 5.02 Å². The Morgan fingerprint density at radius 2 is 1.76 bits per heavy atom. The first-order valence-electron chi connectivity index (χ1n) is 10.9. The summed E-state index contributed by atoms with van der Waals surface area (Å²) in [6.07, 6.45) is -0.753. The van der Waals surface area contributed by atoms with Crippen molar-refractivity contribution in [3.8, 4) is 5.75 Å². The first-order chi connectivity index (χ1) is 16.4. The molecule has 0 saturated heterocycles. The lowest BCUT2D eigenvalue weighted by Gasteiger charge is -2.12. The van der Waals surface area contributed by atoms with E-state index in [0.717, 1.165) is 16.5 Å². The Labute approximate surface area is 202 Å². The second-order valence-corrected chi connectivity index (χ2v) is 8.44. The standard InChI is InChI=1S/C27H25ClN2O4/c1-17-22(15-26(32)29-16-25(31)18-6-4-3-5-7-18)23-14-21(34-2)12-13-24(23)30(17)27(33)19-8-10-20(28)11-9-19/h3-14,25,31H,15-16H2,1-2H3,(H,29,32)/t25-/m0/s1. The molecule has 6 nitrogen and oxygen atoms in total. The van der Waals surface area contributed by atoms with E-state index in [-0.39, 0.29) is 24.8 Å². The average molecular weight is 477 g/mol. The van der Waals surface area contributed by atoms with Crippen LogP contribution in [0.25, 0.3) is 10.9 Å². The molecule has 1 heterocycles. The lowest BCUT2D eigenvalue weighted by atomic mass is 10.1. The Morgan fingerprint density at radius 1 is 1.06 bits per heavy atom. The van der Waals surface area contributed by atoms with Gasteiger partial charge in [0.15, 0.2) is 0 Å². The van der Waals surface area contributed by atoms with Gasteiger partial charge in [-0.3, -0.25) is 14.2 Å². The van der Waals surface area contributed by atoms with Gasteiger partial charge < -0.3 is 15.2 Å². The van der Waals surface area contributed by atoms with Gasteiger partial charge in [0.25, 0.3) is 5.91 Å². The number of rotatable bonds is 7. The zero-order chi connectivity index (χ0) is 24.2. The van der Waals surface area contributed by atoms with E-state index in [2.05, 4.69) is 5.32 Å². The molecule has 0 radical (unpaired) electrons. The summed E-state index contributed by atoms with van der Waals surface area (Å²) in [5, 5.41) is 14.5. The van der Waals surface area contributed by atoms with E-state index < -0.39 is 6.10 Å². The molecule has 0 saturated carbocycles. The molecule has 174 valence electrons. The molecule has 4 aromatic rings. The van der Waals surface area contributed by atoms with Crippen LogP contribution in [0.1, 0.15) is 33.3 Å². The predicted octanol–water partition coefficient (Wildman–Crippen LogP) is 4.69. The molecule has 1 aromatic heterocycles. The molecule has 7 heteroatoms. The number of aliphatic hydroxyl groups excluding tert-OH is 1. The molecule has 34 heavy (non-hydrogen) atoms. The van der Waals surface area contributed by atoms with Crippen LogP contribution in [-0.2, 0) is 11.2 Å². The summed E-state index contributed by atoms with van der Waals surface area (Å²) in [6.45, 7) is 1.91. The van der Waals surface area contributed by atoms with Crippen molar-refractivity contribution in [2.75, 3.05) is 13.7 Å². The van der Waals surface area contributed by atoms with Gasteiger partial charge in [0, 0.05) is 28.2 Å². The number of carbonyl (C=O) groups is 2. The van der Waals surface area contributed by atoms with Gasteiger partial charge in [0.2, 0.25) is 5.91 Å². The minimum Gasteiger partial charge on any atom is -0.497 e. The fourth-order valence-electron chi connectivity index (χ4n) is 4.02. The number of benzene rings is 3. The molecule has 3 aromatic carbocycles. The maximum atomic E-state index is 13.4. The average Bonchev–Trinajstić information content (AvgIpc) is 3.13. The highest BCUT2D eigenvalue weighted by Gasteiger charge is 2.22. The Morgan fingerprint density at radius 3 is 2.44 bits per heavy atom. The van der Waals surface area contributed by atoms with Crippen molar-refractivity contribution >= 4 is 34.3 Å². The van der Waals surface area contributed by atoms with Crippen LogP contribution in [-0.4, -0.2) is 35.1 Å². The first-order valence-corrected chi connectivity index (χ1v) is 11.2. The summed E-state index contributed by atoms with van der Waals surface area (Å²) in [5.74, 6) is 0.166. The zero-order valence-electron chi connectivity index (χ0n) is 18.9. The van der Waals surface area contributed by atoms with Crippen molar-refractivity contribution in [3.63, 3.8) is 0 Å². The van der Waals surface area contributed by atoms with Gasteiger partial charge in [0.1, 0.15) is 5.75 Å². The third-order valence-corrected chi connectivity index (χ3v) is 6.10. The highest BCUT2D eigenvalue weighted by Crippen LogP contribution is 2.31. The van der Waals surface area contributed by atoms with Crippen molar-refractivity contribution in [1.82, 2.24) is 9.88 Å². The second kappa shape index (κ2) is 10.1. The first kappa shape index (κ1) is 23.5. The van der Waals surface area contributed by atoms with E-state index in [9.17, 15) is 14.7 Å². The number of carbonyl (C=O) groups excluding carboxylic acids is 2. The van der Waals surface area contributed by atoms with E-state index in [1.807, 2.05) is 49.4 Å². The topological polar surface area (TPSA) is 80.6 Å². The fourth-order valence-corrected chi connectivity index (χ4v) is 4.15. The molecule has 2 N–H and O–H groups in total. The van der Waals surface area contributed by atoms with E-state index in [1.54, 1.807) is 42.0 Å². The number of fused-ring (bicyclic) bond motifs is 1. The molecule has 0 aliphatic rings. The molecule has 0 bridgehead atoms. The molecule has 0 aliphatic heterocycles. The fraction of sp³-hybridized carbons (Fsp3) is 0.185. The maximum Gasteiger partial charge on any atom is 0.262 e. The van der Waals surface area contributed by atoms with Gasteiger partial charge in [-0.2, -0.15) is 0 Å². The summed E-state index contributed by atoms with van der Waals surface area (Å²) in [5.41, 5.74) is 3.30. The van der Waals surface area contributed by atoms with E-state index in [4.69, 9.17) is 16.3 Å². The minimum atomic E-state index is -0.806. The van der Waals surface area contributed by atoms with Crippen molar-refractivity contribution in [2.45, 2.75) is 19.4 Å². The van der Waals surface area contributed by atoms with Crippen molar-refractivity contribution in [2.24, 2.45) is 0 Å². The van der Waals surface area contributed by atoms with Crippen molar-refractivity contribution in [3.05, 3.63) is 100 Å². The second-order valence-electron chi connectivity index (χ2n) is 8.00. The third-order valence-electron chi connectivity index (χ3n) is 5.85. The van der Waals surface area contributed by atoms with Gasteiger partial charge in [0.05, 0.1) is 25.2 Å². The van der Waals surface area contributed by atoms with Crippen LogP contribution in [0.15, 0.2) is 72.8 Å². The largest absolute Gasteiger partial charge is 0.497 e. The summed E-state index contributed by atoms with van der Waals surface area (Å²) < 4.78 is 6.99. The summed E-state index contributed by atoms with van der Waals surface area (Å²) >= 11 is 5.98. The lowest BCUT2D eigenvalue weighted by molar-refractivity contribution is -0.120. The number of nitrogens with one attached hydrogen (secondary N) is 1. The Balaban J connectivity index is 1.63. The number of hydrogen-bond acceptors (Lipinski definition) is 4. The number of aliphatic hydroxyl groups is 1. The Hall–Kier alpha value is -3.61. The van der Waals surface area contributed by atoms with Crippen LogP contribution in [0, 0.1) is 6.92 Å². The van der Waals surface area contributed by atoms with Crippen LogP contribution in [0.3, 0.4) is 0 Å². The van der Waals surface area contributed by atoms with Crippen LogP contribution in [0.4, 0.5) is 0 Å². The number of halogens is 1. The van der Waals surface area contributed by atoms with Crippen molar-refractivity contribution < 1.29 is 19.4 Å². The molecule has 0 aliphatic carbocycles. The predicted molar refractivity (Wildman–Crippen MR) is 133 cm³/mol. The van der Waals surface area contributed by atoms with Crippen molar-refractivity contribution in [1.29, 1.82) is 0 Å².